The van der Waals surface area contributed by atoms with Crippen LogP contribution in [0, 0.1) is 13.8 Å². The number of carbonyl (C=O) groups is 1. The summed E-state index contributed by atoms with van der Waals surface area (Å²) in [7, 11) is 0. The molecule has 0 bridgehead atoms. The highest BCUT2D eigenvalue weighted by Crippen LogP contribution is 2.29. The zero-order valence-electron chi connectivity index (χ0n) is 16.4. The molecule has 1 aliphatic heterocycles. The van der Waals surface area contributed by atoms with Crippen LogP contribution in [0.3, 0.4) is 0 Å². The summed E-state index contributed by atoms with van der Waals surface area (Å²) in [4.78, 5) is 18.9. The summed E-state index contributed by atoms with van der Waals surface area (Å²) in [5.74, 6) is 1.31. The fourth-order valence-electron chi connectivity index (χ4n) is 3.67. The number of likely N-dealkylation sites (tertiary alicyclic amines) is 1. The van der Waals surface area contributed by atoms with Crippen molar-refractivity contribution in [3.63, 3.8) is 0 Å². The quantitative estimate of drug-likeness (QED) is 0.644. The van der Waals surface area contributed by atoms with Gasteiger partial charge in [-0.3, -0.25) is 4.79 Å². The topological polar surface area (TPSA) is 59.2 Å². The van der Waals surface area contributed by atoms with E-state index in [-0.39, 0.29) is 11.8 Å². The van der Waals surface area contributed by atoms with E-state index in [2.05, 4.69) is 60.4 Å². The van der Waals surface area contributed by atoms with Gasteiger partial charge in [0.05, 0.1) is 5.92 Å². The Labute approximate surface area is 165 Å². The highest BCUT2D eigenvalue weighted by atomic mass is 16.5. The van der Waals surface area contributed by atoms with Crippen LogP contribution in [0.4, 0.5) is 0 Å². The number of benzene rings is 2. The molecule has 1 saturated heterocycles. The maximum atomic E-state index is 12.4. The van der Waals surface area contributed by atoms with Gasteiger partial charge in [0.2, 0.25) is 17.6 Å². The Morgan fingerprint density at radius 1 is 1.11 bits per heavy atom. The molecule has 28 heavy (non-hydrogen) atoms. The van der Waals surface area contributed by atoms with Crippen LogP contribution in [0.2, 0.25) is 0 Å². The number of nitrogens with zero attached hydrogens (tertiary/aromatic N) is 3. The van der Waals surface area contributed by atoms with Crippen molar-refractivity contribution in [3.05, 3.63) is 71.1 Å². The number of hydrogen-bond acceptors (Lipinski definition) is 4. The summed E-state index contributed by atoms with van der Waals surface area (Å²) in [6, 6.07) is 16.5. The molecule has 0 saturated carbocycles. The first-order chi connectivity index (χ1) is 13.6. The number of amides is 1. The molecule has 0 radical (unpaired) electrons. The normalized spacial score (nSPS) is 16.7. The van der Waals surface area contributed by atoms with Crippen molar-refractivity contribution in [2.75, 3.05) is 13.1 Å². The van der Waals surface area contributed by atoms with E-state index in [0.29, 0.717) is 24.7 Å². The number of aryl methyl sites for hydroxylation is 3. The van der Waals surface area contributed by atoms with E-state index in [1.165, 1.54) is 16.7 Å². The molecule has 4 rings (SSSR count). The van der Waals surface area contributed by atoms with Crippen LogP contribution in [-0.4, -0.2) is 34.0 Å². The predicted octanol–water partition coefficient (Wildman–Crippen LogP) is 4.30. The molecule has 1 amide bonds. The van der Waals surface area contributed by atoms with Gasteiger partial charge in [-0.1, -0.05) is 47.6 Å². The maximum absolute atomic E-state index is 12.4. The first-order valence-electron chi connectivity index (χ1n) is 9.83. The second kappa shape index (κ2) is 7.97. The third kappa shape index (κ3) is 3.98. The molecule has 1 fully saturated rings. The van der Waals surface area contributed by atoms with Gasteiger partial charge in [0.25, 0.3) is 0 Å². The lowest BCUT2D eigenvalue weighted by Crippen LogP contribution is -2.26. The minimum absolute atomic E-state index is 0.0166. The predicted molar refractivity (Wildman–Crippen MR) is 108 cm³/mol. The van der Waals surface area contributed by atoms with Crippen LogP contribution in [0.1, 0.15) is 41.3 Å². The van der Waals surface area contributed by atoms with Crippen LogP contribution in [0.5, 0.6) is 0 Å². The molecule has 1 aromatic heterocycles. The third-order valence-corrected chi connectivity index (χ3v) is 5.51. The van der Waals surface area contributed by atoms with Crippen LogP contribution in [-0.2, 0) is 11.2 Å². The van der Waals surface area contributed by atoms with Crippen LogP contribution < -0.4 is 0 Å². The molecule has 5 nitrogen and oxygen atoms in total. The Bertz CT molecular complexity index is 965. The molecule has 0 aliphatic carbocycles. The minimum Gasteiger partial charge on any atom is -0.342 e. The molecular weight excluding hydrogens is 350 g/mol. The molecule has 0 spiro atoms. The highest BCUT2D eigenvalue weighted by molar-refractivity contribution is 5.79. The fourth-order valence-corrected chi connectivity index (χ4v) is 3.67. The second-order valence-corrected chi connectivity index (χ2v) is 7.59. The van der Waals surface area contributed by atoms with Crippen molar-refractivity contribution in [2.24, 2.45) is 0 Å². The van der Waals surface area contributed by atoms with Crippen molar-refractivity contribution in [1.82, 2.24) is 15.0 Å². The number of rotatable bonds is 6. The Kier molecular flexibility index (Phi) is 5.24. The van der Waals surface area contributed by atoms with Crippen LogP contribution >= 0.6 is 0 Å². The van der Waals surface area contributed by atoms with Gasteiger partial charge in [0, 0.05) is 25.1 Å². The zero-order chi connectivity index (χ0) is 19.5. The van der Waals surface area contributed by atoms with Gasteiger partial charge in [-0.25, -0.2) is 0 Å². The van der Waals surface area contributed by atoms with Crippen LogP contribution in [0.25, 0.3) is 11.4 Å². The summed E-state index contributed by atoms with van der Waals surface area (Å²) in [5.41, 5.74) is 4.69. The number of carbonyl (C=O) groups excluding carboxylic acids is 1. The standard InChI is InChI=1S/C23H25N3O2/c1-16-10-11-19(13-17(16)2)22-24-23(28-25-22)20-14-21(27)26(15-20)12-6-9-18-7-4-3-5-8-18/h3-5,7-8,10-11,13,20H,6,9,12,14-15H2,1-2H3. The summed E-state index contributed by atoms with van der Waals surface area (Å²) in [6.45, 7) is 5.57. The molecule has 2 aromatic carbocycles. The summed E-state index contributed by atoms with van der Waals surface area (Å²) in [5, 5.41) is 4.14. The fraction of sp³-hybridized carbons (Fsp3) is 0.348. The van der Waals surface area contributed by atoms with Gasteiger partial charge < -0.3 is 9.42 Å². The molecule has 2 heterocycles. The Morgan fingerprint density at radius 2 is 1.93 bits per heavy atom. The van der Waals surface area contributed by atoms with Crippen molar-refractivity contribution < 1.29 is 9.32 Å². The van der Waals surface area contributed by atoms with Crippen molar-refractivity contribution in [3.8, 4) is 11.4 Å². The van der Waals surface area contributed by atoms with E-state index < -0.39 is 0 Å². The summed E-state index contributed by atoms with van der Waals surface area (Å²) >= 11 is 0. The van der Waals surface area contributed by atoms with E-state index >= 15 is 0 Å². The Morgan fingerprint density at radius 3 is 2.71 bits per heavy atom. The highest BCUT2D eigenvalue weighted by Gasteiger charge is 2.34. The van der Waals surface area contributed by atoms with Gasteiger partial charge in [0.15, 0.2) is 0 Å². The molecule has 0 N–H and O–H groups in total. The molecule has 1 aliphatic rings. The van der Waals surface area contributed by atoms with E-state index in [4.69, 9.17) is 4.52 Å². The summed E-state index contributed by atoms with van der Waals surface area (Å²) in [6.07, 6.45) is 2.38. The largest absolute Gasteiger partial charge is 0.342 e. The zero-order valence-corrected chi connectivity index (χ0v) is 16.4. The van der Waals surface area contributed by atoms with Gasteiger partial charge in [-0.05, 0) is 49.4 Å². The van der Waals surface area contributed by atoms with E-state index in [9.17, 15) is 4.79 Å². The van der Waals surface area contributed by atoms with Gasteiger partial charge >= 0.3 is 0 Å². The first-order valence-corrected chi connectivity index (χ1v) is 9.83. The lowest BCUT2D eigenvalue weighted by Gasteiger charge is -2.15. The average Bonchev–Trinajstić information content (AvgIpc) is 3.32. The molecule has 3 aromatic rings. The van der Waals surface area contributed by atoms with Crippen LogP contribution in [0.15, 0.2) is 53.1 Å². The van der Waals surface area contributed by atoms with Crippen molar-refractivity contribution in [1.29, 1.82) is 0 Å². The van der Waals surface area contributed by atoms with Gasteiger partial charge in [-0.15, -0.1) is 0 Å². The van der Waals surface area contributed by atoms with E-state index in [0.717, 1.165) is 24.9 Å². The Hall–Kier alpha value is -2.95. The summed E-state index contributed by atoms with van der Waals surface area (Å²) < 4.78 is 5.50. The SMILES string of the molecule is Cc1ccc(-c2noc(C3CC(=O)N(CCCc4ccccc4)C3)n2)cc1C. The molecule has 1 unspecified atom stereocenters. The first kappa shape index (κ1) is 18.4. The van der Waals surface area contributed by atoms with E-state index in [1.807, 2.05) is 17.0 Å². The lowest BCUT2D eigenvalue weighted by atomic mass is 10.1. The smallest absolute Gasteiger partial charge is 0.232 e. The second-order valence-electron chi connectivity index (χ2n) is 7.59. The van der Waals surface area contributed by atoms with Crippen molar-refractivity contribution in [2.45, 2.75) is 39.0 Å². The molecule has 1 atom stereocenters. The average molecular weight is 375 g/mol. The molecule has 144 valence electrons. The van der Waals surface area contributed by atoms with Gasteiger partial charge in [0.1, 0.15) is 0 Å². The maximum Gasteiger partial charge on any atom is 0.232 e. The van der Waals surface area contributed by atoms with Gasteiger partial charge in [-0.2, -0.15) is 4.98 Å². The molecule has 5 heteroatoms. The van der Waals surface area contributed by atoms with Crippen molar-refractivity contribution >= 4 is 5.91 Å². The van der Waals surface area contributed by atoms with E-state index in [1.54, 1.807) is 0 Å². The molecular formula is C23H25N3O2. The number of hydrogen-bond donors (Lipinski definition) is 0. The minimum atomic E-state index is -0.0166. The lowest BCUT2D eigenvalue weighted by molar-refractivity contribution is -0.127. The third-order valence-electron chi connectivity index (χ3n) is 5.51. The Balaban J connectivity index is 1.37. The monoisotopic (exact) mass is 375 g/mol. The number of aromatic nitrogens is 2.